The Balaban J connectivity index is 1.38. The van der Waals surface area contributed by atoms with Crippen LogP contribution < -0.4 is 0 Å². The van der Waals surface area contributed by atoms with Crippen LogP contribution in [0.5, 0.6) is 0 Å². The number of benzene rings is 5. The predicted molar refractivity (Wildman–Crippen MR) is 155 cm³/mol. The largest absolute Gasteiger partial charge is 0.309 e. The lowest BCUT2D eigenvalue weighted by atomic mass is 10.0. The molecular formula is C33H21ClN4. The molecule has 2 heterocycles. The molecule has 0 unspecified atom stereocenters. The Bertz CT molecular complexity index is 1870. The lowest BCUT2D eigenvalue weighted by Crippen LogP contribution is -2.02. The van der Waals surface area contributed by atoms with Crippen molar-refractivity contribution in [3.8, 4) is 39.6 Å². The van der Waals surface area contributed by atoms with Gasteiger partial charge in [0.15, 0.2) is 11.6 Å². The fourth-order valence-corrected chi connectivity index (χ4v) is 5.24. The van der Waals surface area contributed by atoms with Crippen LogP contribution in [0.15, 0.2) is 127 Å². The number of hydrogen-bond donors (Lipinski definition) is 0. The minimum Gasteiger partial charge on any atom is -0.309 e. The van der Waals surface area contributed by atoms with Gasteiger partial charge in [0, 0.05) is 21.9 Å². The number of fused-ring (bicyclic) bond motifs is 3. The molecule has 5 aromatic carbocycles. The molecule has 0 aliphatic carbocycles. The predicted octanol–water partition coefficient (Wildman–Crippen LogP) is 8.62. The smallest absolute Gasteiger partial charge is 0.226 e. The first kappa shape index (κ1) is 22.4. The van der Waals surface area contributed by atoms with E-state index in [1.807, 2.05) is 48.5 Å². The molecule has 0 fully saturated rings. The highest BCUT2D eigenvalue weighted by Gasteiger charge is 2.17. The summed E-state index contributed by atoms with van der Waals surface area (Å²) in [4.78, 5) is 13.9. The highest BCUT2D eigenvalue weighted by molar-refractivity contribution is 6.28. The van der Waals surface area contributed by atoms with E-state index >= 15 is 0 Å². The van der Waals surface area contributed by atoms with Gasteiger partial charge in [0.1, 0.15) is 0 Å². The Kier molecular flexibility index (Phi) is 5.46. The van der Waals surface area contributed by atoms with E-state index in [4.69, 9.17) is 16.6 Å². The first-order valence-corrected chi connectivity index (χ1v) is 12.8. The van der Waals surface area contributed by atoms with E-state index in [9.17, 15) is 0 Å². The van der Waals surface area contributed by atoms with Gasteiger partial charge in [0.25, 0.3) is 0 Å². The standard InChI is InChI=1S/C33H21ClN4/c34-33-36-31(24-20-18-23(19-21-24)22-10-2-1-3-11-22)35-32(37-33)27-14-6-9-17-30(27)38-28-15-7-4-12-25(28)26-13-5-8-16-29(26)38/h1-21H. The van der Waals surface area contributed by atoms with Gasteiger partial charge in [-0.15, -0.1) is 0 Å². The Morgan fingerprint density at radius 2 is 0.974 bits per heavy atom. The summed E-state index contributed by atoms with van der Waals surface area (Å²) in [5.41, 5.74) is 7.28. The molecule has 7 rings (SSSR count). The van der Waals surface area contributed by atoms with Crippen molar-refractivity contribution in [3.63, 3.8) is 0 Å². The number of nitrogens with zero attached hydrogens (tertiary/aromatic N) is 4. The van der Waals surface area contributed by atoms with Gasteiger partial charge in [-0.1, -0.05) is 103 Å². The molecule has 5 heteroatoms. The zero-order chi connectivity index (χ0) is 25.5. The van der Waals surface area contributed by atoms with Crippen molar-refractivity contribution >= 4 is 33.4 Å². The number of para-hydroxylation sites is 3. The topological polar surface area (TPSA) is 43.6 Å². The van der Waals surface area contributed by atoms with E-state index in [0.29, 0.717) is 11.6 Å². The molecule has 0 aliphatic heterocycles. The van der Waals surface area contributed by atoms with Crippen molar-refractivity contribution < 1.29 is 0 Å². The maximum Gasteiger partial charge on any atom is 0.226 e. The van der Waals surface area contributed by atoms with Gasteiger partial charge in [-0.25, -0.2) is 4.98 Å². The molecule has 0 N–H and O–H groups in total. The molecule has 38 heavy (non-hydrogen) atoms. The van der Waals surface area contributed by atoms with Crippen LogP contribution in [0.3, 0.4) is 0 Å². The van der Waals surface area contributed by atoms with E-state index in [0.717, 1.165) is 39.0 Å². The molecule has 0 aliphatic rings. The number of aromatic nitrogens is 4. The van der Waals surface area contributed by atoms with Crippen LogP contribution in [0.1, 0.15) is 0 Å². The van der Waals surface area contributed by atoms with Crippen LogP contribution in [0.25, 0.3) is 61.4 Å². The normalized spacial score (nSPS) is 11.3. The second-order valence-corrected chi connectivity index (χ2v) is 9.42. The summed E-state index contributed by atoms with van der Waals surface area (Å²) >= 11 is 6.48. The zero-order valence-corrected chi connectivity index (χ0v) is 21.0. The van der Waals surface area contributed by atoms with Crippen LogP contribution in [-0.2, 0) is 0 Å². The van der Waals surface area contributed by atoms with Gasteiger partial charge in [-0.05, 0) is 47.0 Å². The Hall–Kier alpha value is -4.80. The van der Waals surface area contributed by atoms with Crippen molar-refractivity contribution in [1.82, 2.24) is 19.5 Å². The van der Waals surface area contributed by atoms with E-state index in [2.05, 4.69) is 93.4 Å². The summed E-state index contributed by atoms with van der Waals surface area (Å²) < 4.78 is 2.27. The molecule has 0 saturated carbocycles. The molecule has 0 radical (unpaired) electrons. The third kappa shape index (κ3) is 3.83. The van der Waals surface area contributed by atoms with E-state index in [1.54, 1.807) is 0 Å². The number of rotatable bonds is 4. The quantitative estimate of drug-likeness (QED) is 0.239. The average Bonchev–Trinajstić information content (AvgIpc) is 3.32. The summed E-state index contributed by atoms with van der Waals surface area (Å²) in [5, 5.41) is 2.56. The lowest BCUT2D eigenvalue weighted by molar-refractivity contribution is 1.06. The summed E-state index contributed by atoms with van der Waals surface area (Å²) in [6, 6.07) is 43.6. The molecule has 0 amide bonds. The van der Waals surface area contributed by atoms with Gasteiger partial charge >= 0.3 is 0 Å². The maximum atomic E-state index is 6.48. The van der Waals surface area contributed by atoms with E-state index in [1.165, 1.54) is 10.8 Å². The molecule has 4 nitrogen and oxygen atoms in total. The summed E-state index contributed by atoms with van der Waals surface area (Å²) in [6.45, 7) is 0. The second kappa shape index (κ2) is 9.25. The van der Waals surface area contributed by atoms with Crippen molar-refractivity contribution in [3.05, 3.63) is 133 Å². The minimum absolute atomic E-state index is 0.161. The maximum absolute atomic E-state index is 6.48. The Labute approximate surface area is 224 Å². The van der Waals surface area contributed by atoms with Gasteiger partial charge in [0.05, 0.1) is 16.7 Å². The molecule has 180 valence electrons. The molecule has 0 atom stereocenters. The highest BCUT2D eigenvalue weighted by Crippen LogP contribution is 2.35. The van der Waals surface area contributed by atoms with Crippen LogP contribution in [0.4, 0.5) is 0 Å². The molecule has 7 aromatic rings. The van der Waals surface area contributed by atoms with Crippen LogP contribution >= 0.6 is 11.6 Å². The van der Waals surface area contributed by atoms with Crippen LogP contribution in [0.2, 0.25) is 5.28 Å². The van der Waals surface area contributed by atoms with Gasteiger partial charge in [0.2, 0.25) is 5.28 Å². The SMILES string of the molecule is Clc1nc(-c2ccc(-c3ccccc3)cc2)nc(-c2ccccc2-n2c3ccccc3c3ccccc32)n1. The monoisotopic (exact) mass is 508 g/mol. The summed E-state index contributed by atoms with van der Waals surface area (Å²) in [7, 11) is 0. The summed E-state index contributed by atoms with van der Waals surface area (Å²) in [5.74, 6) is 1.07. The number of halogens is 1. The first-order valence-electron chi connectivity index (χ1n) is 12.4. The Morgan fingerprint density at radius 1 is 0.447 bits per heavy atom. The summed E-state index contributed by atoms with van der Waals surface area (Å²) in [6.07, 6.45) is 0. The van der Waals surface area contributed by atoms with E-state index < -0.39 is 0 Å². The van der Waals surface area contributed by atoms with Crippen molar-refractivity contribution in [2.45, 2.75) is 0 Å². The van der Waals surface area contributed by atoms with Crippen LogP contribution in [-0.4, -0.2) is 19.5 Å². The lowest BCUT2D eigenvalue weighted by Gasteiger charge is -2.13. The van der Waals surface area contributed by atoms with Crippen molar-refractivity contribution in [1.29, 1.82) is 0 Å². The first-order chi connectivity index (χ1) is 18.8. The third-order valence-corrected chi connectivity index (χ3v) is 6.99. The molecular weight excluding hydrogens is 488 g/mol. The van der Waals surface area contributed by atoms with Gasteiger partial charge < -0.3 is 4.57 Å². The minimum atomic E-state index is 0.161. The third-order valence-electron chi connectivity index (χ3n) is 6.82. The zero-order valence-electron chi connectivity index (χ0n) is 20.3. The molecule has 0 saturated heterocycles. The van der Waals surface area contributed by atoms with E-state index in [-0.39, 0.29) is 5.28 Å². The average molecular weight is 509 g/mol. The molecule has 2 aromatic heterocycles. The second-order valence-electron chi connectivity index (χ2n) is 9.08. The highest BCUT2D eigenvalue weighted by atomic mass is 35.5. The molecule has 0 spiro atoms. The van der Waals surface area contributed by atoms with Gasteiger partial charge in [-0.2, -0.15) is 9.97 Å². The van der Waals surface area contributed by atoms with Crippen molar-refractivity contribution in [2.75, 3.05) is 0 Å². The fourth-order valence-electron chi connectivity index (χ4n) is 5.08. The van der Waals surface area contributed by atoms with Gasteiger partial charge in [-0.3, -0.25) is 0 Å². The van der Waals surface area contributed by atoms with Crippen molar-refractivity contribution in [2.24, 2.45) is 0 Å². The Morgan fingerprint density at radius 3 is 1.68 bits per heavy atom. The molecule has 0 bridgehead atoms. The van der Waals surface area contributed by atoms with Crippen LogP contribution in [0, 0.1) is 0 Å². The number of hydrogen-bond acceptors (Lipinski definition) is 3. The fraction of sp³-hybridized carbons (Fsp3) is 0.